The highest BCUT2D eigenvalue weighted by molar-refractivity contribution is 6.09. The average molecular weight is 256 g/mol. The van der Waals surface area contributed by atoms with E-state index in [9.17, 15) is 4.79 Å². The third kappa shape index (κ3) is 2.71. The number of hydrazine groups is 1. The molecule has 1 aromatic carbocycles. The van der Waals surface area contributed by atoms with Gasteiger partial charge in [-0.05, 0) is 25.1 Å². The summed E-state index contributed by atoms with van der Waals surface area (Å²) in [6, 6.07) is 11.2. The number of para-hydroxylation sites is 1. The molecule has 19 heavy (non-hydrogen) atoms. The fourth-order valence-corrected chi connectivity index (χ4v) is 1.89. The Hall–Kier alpha value is -2.40. The van der Waals surface area contributed by atoms with Crippen LogP contribution in [-0.4, -0.2) is 17.4 Å². The molecule has 0 atom stereocenters. The molecule has 0 unspecified atom stereocenters. The van der Waals surface area contributed by atoms with Crippen molar-refractivity contribution in [1.82, 2.24) is 4.98 Å². The second-order valence-corrected chi connectivity index (χ2v) is 3.95. The first-order chi connectivity index (χ1) is 9.27. The number of aromatic nitrogens is 1. The fourth-order valence-electron chi connectivity index (χ4n) is 1.89. The van der Waals surface area contributed by atoms with E-state index in [0.29, 0.717) is 17.8 Å². The van der Waals surface area contributed by atoms with Crippen molar-refractivity contribution in [2.45, 2.75) is 6.92 Å². The van der Waals surface area contributed by atoms with E-state index in [0.717, 1.165) is 5.69 Å². The Morgan fingerprint density at radius 3 is 2.68 bits per heavy atom. The minimum absolute atomic E-state index is 0.107. The van der Waals surface area contributed by atoms with Gasteiger partial charge in [0.15, 0.2) is 0 Å². The number of anilines is 2. The van der Waals surface area contributed by atoms with Gasteiger partial charge in [0.2, 0.25) is 0 Å². The van der Waals surface area contributed by atoms with Crippen molar-refractivity contribution in [3.63, 3.8) is 0 Å². The molecule has 0 spiro atoms. The Morgan fingerprint density at radius 1 is 1.32 bits per heavy atom. The quantitative estimate of drug-likeness (QED) is 0.648. The standard InChI is InChI=1S/C14H16N4O/c1-2-18(11-6-4-3-5-7-11)14(19)12-8-9-16-10-13(12)17-15/h3-10,17H,2,15H2,1H3. The number of carbonyl (C=O) groups excluding carboxylic acids is 1. The molecule has 0 saturated heterocycles. The summed E-state index contributed by atoms with van der Waals surface area (Å²) in [4.78, 5) is 18.2. The molecule has 0 radical (unpaired) electrons. The van der Waals surface area contributed by atoms with Crippen LogP contribution in [0.15, 0.2) is 48.8 Å². The molecule has 0 saturated carbocycles. The van der Waals surface area contributed by atoms with E-state index in [4.69, 9.17) is 5.84 Å². The molecule has 1 aromatic heterocycles. The van der Waals surface area contributed by atoms with Gasteiger partial charge in [0.1, 0.15) is 0 Å². The maximum absolute atomic E-state index is 12.6. The van der Waals surface area contributed by atoms with E-state index >= 15 is 0 Å². The van der Waals surface area contributed by atoms with Crippen molar-refractivity contribution in [2.24, 2.45) is 5.84 Å². The number of pyridine rings is 1. The van der Waals surface area contributed by atoms with Crippen LogP contribution in [0, 0.1) is 0 Å². The Kier molecular flexibility index (Phi) is 4.10. The number of carbonyl (C=O) groups is 1. The van der Waals surface area contributed by atoms with Gasteiger partial charge in [0.05, 0.1) is 17.4 Å². The van der Waals surface area contributed by atoms with Crippen LogP contribution in [0.25, 0.3) is 0 Å². The summed E-state index contributed by atoms with van der Waals surface area (Å²) in [6.45, 7) is 2.51. The summed E-state index contributed by atoms with van der Waals surface area (Å²) < 4.78 is 0. The van der Waals surface area contributed by atoms with Gasteiger partial charge in [-0.1, -0.05) is 18.2 Å². The van der Waals surface area contributed by atoms with Crippen LogP contribution in [-0.2, 0) is 0 Å². The highest BCUT2D eigenvalue weighted by atomic mass is 16.2. The Balaban J connectivity index is 2.36. The number of rotatable bonds is 4. The van der Waals surface area contributed by atoms with Gasteiger partial charge < -0.3 is 10.3 Å². The lowest BCUT2D eigenvalue weighted by Gasteiger charge is -2.22. The van der Waals surface area contributed by atoms with E-state index in [1.165, 1.54) is 6.20 Å². The van der Waals surface area contributed by atoms with Crippen LogP contribution in [0.1, 0.15) is 17.3 Å². The molecule has 0 aliphatic carbocycles. The number of nitrogens with one attached hydrogen (secondary N) is 1. The number of hydrogen-bond donors (Lipinski definition) is 2. The minimum atomic E-state index is -0.107. The number of nitrogen functional groups attached to an aromatic ring is 1. The lowest BCUT2D eigenvalue weighted by molar-refractivity contribution is 0.0989. The van der Waals surface area contributed by atoms with Gasteiger partial charge in [0, 0.05) is 18.4 Å². The van der Waals surface area contributed by atoms with Crippen molar-refractivity contribution in [2.75, 3.05) is 16.9 Å². The number of amides is 1. The highest BCUT2D eigenvalue weighted by Gasteiger charge is 2.18. The van der Waals surface area contributed by atoms with Gasteiger partial charge in [0.25, 0.3) is 5.91 Å². The third-order valence-electron chi connectivity index (χ3n) is 2.84. The van der Waals surface area contributed by atoms with Crippen LogP contribution in [0.4, 0.5) is 11.4 Å². The summed E-state index contributed by atoms with van der Waals surface area (Å²) in [5, 5.41) is 0. The summed E-state index contributed by atoms with van der Waals surface area (Å²) in [5.74, 6) is 5.30. The SMILES string of the molecule is CCN(C(=O)c1ccncc1NN)c1ccccc1. The zero-order valence-corrected chi connectivity index (χ0v) is 10.7. The number of nitrogens with zero attached hydrogens (tertiary/aromatic N) is 2. The lowest BCUT2D eigenvalue weighted by Crippen LogP contribution is -2.31. The van der Waals surface area contributed by atoms with Crippen LogP contribution in [0.5, 0.6) is 0 Å². The van der Waals surface area contributed by atoms with Gasteiger partial charge >= 0.3 is 0 Å². The van der Waals surface area contributed by atoms with Crippen LogP contribution < -0.4 is 16.2 Å². The van der Waals surface area contributed by atoms with Crippen molar-refractivity contribution < 1.29 is 4.79 Å². The molecule has 0 bridgehead atoms. The molecule has 0 aliphatic heterocycles. The smallest absolute Gasteiger partial charge is 0.260 e. The molecule has 5 nitrogen and oxygen atoms in total. The summed E-state index contributed by atoms with van der Waals surface area (Å²) in [7, 11) is 0. The number of hydrogen-bond acceptors (Lipinski definition) is 4. The topological polar surface area (TPSA) is 71.2 Å². The second kappa shape index (κ2) is 5.97. The Bertz CT molecular complexity index is 556. The zero-order valence-electron chi connectivity index (χ0n) is 10.7. The maximum atomic E-state index is 12.6. The first-order valence-electron chi connectivity index (χ1n) is 6.05. The summed E-state index contributed by atoms with van der Waals surface area (Å²) in [6.07, 6.45) is 3.11. The fraction of sp³-hybridized carbons (Fsp3) is 0.143. The van der Waals surface area contributed by atoms with E-state index in [2.05, 4.69) is 10.4 Å². The molecule has 1 amide bonds. The summed E-state index contributed by atoms with van der Waals surface area (Å²) in [5.41, 5.74) is 4.37. The van der Waals surface area contributed by atoms with Crippen LogP contribution >= 0.6 is 0 Å². The monoisotopic (exact) mass is 256 g/mol. The van der Waals surface area contributed by atoms with E-state index < -0.39 is 0 Å². The van der Waals surface area contributed by atoms with Crippen molar-refractivity contribution in [1.29, 1.82) is 0 Å². The molecule has 0 fully saturated rings. The number of benzene rings is 1. The molecule has 5 heteroatoms. The Labute approximate surface area is 112 Å². The molecule has 1 heterocycles. The molecular weight excluding hydrogens is 240 g/mol. The van der Waals surface area contributed by atoms with Crippen molar-refractivity contribution in [3.8, 4) is 0 Å². The van der Waals surface area contributed by atoms with E-state index in [-0.39, 0.29) is 5.91 Å². The molecular formula is C14H16N4O. The zero-order chi connectivity index (χ0) is 13.7. The third-order valence-corrected chi connectivity index (χ3v) is 2.84. The van der Waals surface area contributed by atoms with Crippen molar-refractivity contribution in [3.05, 3.63) is 54.4 Å². The molecule has 98 valence electrons. The van der Waals surface area contributed by atoms with Crippen LogP contribution in [0.2, 0.25) is 0 Å². The predicted octanol–water partition coefficient (Wildman–Crippen LogP) is 2.03. The van der Waals surface area contributed by atoms with Crippen molar-refractivity contribution >= 4 is 17.3 Å². The maximum Gasteiger partial charge on any atom is 0.260 e. The van der Waals surface area contributed by atoms with Gasteiger partial charge in [-0.25, -0.2) is 0 Å². The average Bonchev–Trinajstić information content (AvgIpc) is 2.49. The van der Waals surface area contributed by atoms with Gasteiger partial charge in [-0.3, -0.25) is 15.6 Å². The van der Waals surface area contributed by atoms with Gasteiger partial charge in [-0.15, -0.1) is 0 Å². The first kappa shape index (κ1) is 13.0. The normalized spacial score (nSPS) is 10.0. The minimum Gasteiger partial charge on any atom is -0.322 e. The molecule has 2 aromatic rings. The van der Waals surface area contributed by atoms with Crippen LogP contribution in [0.3, 0.4) is 0 Å². The second-order valence-electron chi connectivity index (χ2n) is 3.95. The van der Waals surface area contributed by atoms with E-state index in [1.807, 2.05) is 37.3 Å². The number of nitrogens with two attached hydrogens (primary N) is 1. The largest absolute Gasteiger partial charge is 0.322 e. The predicted molar refractivity (Wildman–Crippen MR) is 75.8 cm³/mol. The Morgan fingerprint density at radius 2 is 2.05 bits per heavy atom. The first-order valence-corrected chi connectivity index (χ1v) is 6.05. The van der Waals surface area contributed by atoms with Gasteiger partial charge in [-0.2, -0.15) is 0 Å². The lowest BCUT2D eigenvalue weighted by atomic mass is 10.2. The van der Waals surface area contributed by atoms with E-state index in [1.54, 1.807) is 17.2 Å². The molecule has 0 aliphatic rings. The highest BCUT2D eigenvalue weighted by Crippen LogP contribution is 2.20. The summed E-state index contributed by atoms with van der Waals surface area (Å²) >= 11 is 0. The molecule has 2 rings (SSSR count). The molecule has 3 N–H and O–H groups in total.